The lowest BCUT2D eigenvalue weighted by Gasteiger charge is -2.09. The van der Waals surface area contributed by atoms with Crippen LogP contribution in [0, 0.1) is 0 Å². The number of aromatic nitrogens is 2. The van der Waals surface area contributed by atoms with Crippen LogP contribution in [-0.2, 0) is 22.1 Å². The van der Waals surface area contributed by atoms with Crippen LogP contribution in [0.3, 0.4) is 0 Å². The zero-order valence-electron chi connectivity index (χ0n) is 13.2. The lowest BCUT2D eigenvalue weighted by Crippen LogP contribution is -2.06. The van der Waals surface area contributed by atoms with Crippen LogP contribution >= 0.6 is 46.4 Å². The molecule has 9 heteroatoms. The molecule has 0 aliphatic carbocycles. The molecule has 3 rings (SSSR count). The maximum absolute atomic E-state index is 12.7. The molecule has 1 heterocycles. The van der Waals surface area contributed by atoms with Gasteiger partial charge in [0, 0.05) is 22.2 Å². The van der Waals surface area contributed by atoms with Gasteiger partial charge in [-0.05, 0) is 29.8 Å². The van der Waals surface area contributed by atoms with E-state index in [2.05, 4.69) is 4.98 Å². The van der Waals surface area contributed by atoms with Crippen molar-refractivity contribution in [3.8, 4) is 0 Å². The monoisotopic (exact) mass is 448 g/mol. The summed E-state index contributed by atoms with van der Waals surface area (Å²) in [5.41, 5.74) is 1.25. The molecule has 0 saturated heterocycles. The summed E-state index contributed by atoms with van der Waals surface area (Å²) >= 11 is 24.0. The van der Waals surface area contributed by atoms with Crippen LogP contribution in [0.2, 0.25) is 20.4 Å². The summed E-state index contributed by atoms with van der Waals surface area (Å²) in [6.07, 6.45) is 1.52. The summed E-state index contributed by atoms with van der Waals surface area (Å²) in [5.74, 6) is -0.270. The first-order chi connectivity index (χ1) is 12.3. The van der Waals surface area contributed by atoms with E-state index in [0.717, 1.165) is 5.56 Å². The molecule has 0 aliphatic heterocycles. The van der Waals surface area contributed by atoms with Crippen molar-refractivity contribution < 1.29 is 8.42 Å². The van der Waals surface area contributed by atoms with E-state index in [1.165, 1.54) is 6.33 Å². The first kappa shape index (κ1) is 19.5. The molecule has 0 aliphatic rings. The Hall–Kier alpha value is -1.24. The summed E-state index contributed by atoms with van der Waals surface area (Å²) < 4.78 is 27.0. The maximum Gasteiger partial charge on any atom is 0.182 e. The Labute approximate surface area is 171 Å². The molecule has 0 saturated carbocycles. The highest BCUT2D eigenvalue weighted by Crippen LogP contribution is 2.28. The third kappa shape index (κ3) is 4.18. The second kappa shape index (κ2) is 7.79. The van der Waals surface area contributed by atoms with Crippen LogP contribution in [0.5, 0.6) is 0 Å². The Morgan fingerprint density at radius 2 is 1.54 bits per heavy atom. The average molecular weight is 450 g/mol. The second-order valence-corrected chi connectivity index (χ2v) is 9.08. The largest absolute Gasteiger partial charge is 0.316 e. The number of halogens is 4. The van der Waals surface area contributed by atoms with Gasteiger partial charge in [0.1, 0.15) is 5.15 Å². The van der Waals surface area contributed by atoms with E-state index >= 15 is 0 Å². The topological polar surface area (TPSA) is 52.0 Å². The van der Waals surface area contributed by atoms with Crippen molar-refractivity contribution in [1.82, 2.24) is 9.55 Å². The van der Waals surface area contributed by atoms with Crippen molar-refractivity contribution in [1.29, 1.82) is 0 Å². The van der Waals surface area contributed by atoms with E-state index < -0.39 is 9.84 Å². The highest BCUT2D eigenvalue weighted by Gasteiger charge is 2.19. The number of hydrogen-bond acceptors (Lipinski definition) is 3. The predicted molar refractivity (Wildman–Crippen MR) is 105 cm³/mol. The van der Waals surface area contributed by atoms with Crippen molar-refractivity contribution in [3.05, 3.63) is 80.3 Å². The van der Waals surface area contributed by atoms with Gasteiger partial charge >= 0.3 is 0 Å². The molecule has 0 amide bonds. The van der Waals surface area contributed by atoms with Gasteiger partial charge in [0.05, 0.1) is 17.0 Å². The van der Waals surface area contributed by atoms with E-state index in [0.29, 0.717) is 27.3 Å². The van der Waals surface area contributed by atoms with Crippen molar-refractivity contribution in [2.24, 2.45) is 0 Å². The van der Waals surface area contributed by atoms with Crippen molar-refractivity contribution in [2.45, 2.75) is 17.2 Å². The number of benzene rings is 2. The Kier molecular flexibility index (Phi) is 5.85. The van der Waals surface area contributed by atoms with E-state index in [9.17, 15) is 8.42 Å². The molecule has 0 spiro atoms. The highest BCUT2D eigenvalue weighted by molar-refractivity contribution is 7.90. The van der Waals surface area contributed by atoms with Crippen LogP contribution in [0.25, 0.3) is 0 Å². The van der Waals surface area contributed by atoms with Gasteiger partial charge in [-0.2, -0.15) is 0 Å². The normalized spacial score (nSPS) is 11.7. The molecule has 0 bridgehead atoms. The first-order valence-corrected chi connectivity index (χ1v) is 10.5. The summed E-state index contributed by atoms with van der Waals surface area (Å²) in [4.78, 5) is 4.10. The summed E-state index contributed by atoms with van der Waals surface area (Å²) in [7, 11) is -3.59. The molecule has 136 valence electrons. The van der Waals surface area contributed by atoms with Crippen molar-refractivity contribution >= 4 is 56.2 Å². The zero-order valence-corrected chi connectivity index (χ0v) is 17.0. The average Bonchev–Trinajstić information content (AvgIpc) is 2.91. The molecule has 0 radical (unpaired) electrons. The summed E-state index contributed by atoms with van der Waals surface area (Å²) in [6.45, 7) is 0.426. The number of rotatable bonds is 5. The molecular formula is C17H12Cl4N2O2S. The molecular weight excluding hydrogens is 438 g/mol. The Morgan fingerprint density at radius 1 is 0.923 bits per heavy atom. The molecule has 3 aromatic rings. The van der Waals surface area contributed by atoms with Crippen LogP contribution < -0.4 is 0 Å². The van der Waals surface area contributed by atoms with E-state index in [-0.39, 0.29) is 15.8 Å². The Morgan fingerprint density at radius 3 is 2.08 bits per heavy atom. The molecule has 4 nitrogen and oxygen atoms in total. The Bertz CT molecular complexity index is 1030. The Balaban J connectivity index is 1.82. The van der Waals surface area contributed by atoms with Gasteiger partial charge in [0.25, 0.3) is 0 Å². The van der Waals surface area contributed by atoms with Gasteiger partial charge in [-0.1, -0.05) is 64.6 Å². The molecule has 0 unspecified atom stereocenters. The SMILES string of the molecule is O=S(=O)(Cc1c(Cl)cccc1Cl)c1ccc(Cn2cnc(Cl)c2Cl)cc1. The molecule has 0 atom stereocenters. The van der Waals surface area contributed by atoms with Crippen molar-refractivity contribution in [3.63, 3.8) is 0 Å². The first-order valence-electron chi connectivity index (χ1n) is 7.38. The van der Waals surface area contributed by atoms with Crippen LogP contribution in [0.4, 0.5) is 0 Å². The quantitative estimate of drug-likeness (QED) is 0.515. The summed E-state index contributed by atoms with van der Waals surface area (Å²) in [5, 5.41) is 1.20. The van der Waals surface area contributed by atoms with E-state index in [1.807, 2.05) is 0 Å². The molecule has 2 aromatic carbocycles. The standard InChI is InChI=1S/C17H12Cl4N2O2S/c18-14-2-1-3-15(19)13(14)9-26(24,25)12-6-4-11(5-7-12)8-23-10-22-16(20)17(23)21/h1-7,10H,8-9H2. The third-order valence-corrected chi connectivity index (χ3v) is 6.90. The molecule has 0 N–H and O–H groups in total. The molecule has 0 fully saturated rings. The number of nitrogens with zero attached hydrogens (tertiary/aromatic N) is 2. The third-order valence-electron chi connectivity index (χ3n) is 3.76. The molecule has 1 aromatic heterocycles. The fourth-order valence-corrected chi connectivity index (χ4v) is 4.80. The summed E-state index contributed by atoms with van der Waals surface area (Å²) in [6, 6.07) is 11.4. The minimum absolute atomic E-state index is 0.187. The minimum atomic E-state index is -3.59. The maximum atomic E-state index is 12.7. The fourth-order valence-electron chi connectivity index (χ4n) is 2.40. The fraction of sp³-hybridized carbons (Fsp3) is 0.118. The predicted octanol–water partition coefficient (Wildman–Crippen LogP) is 5.52. The number of imidazole rings is 1. The zero-order chi connectivity index (χ0) is 18.9. The van der Waals surface area contributed by atoms with Crippen LogP contribution in [-0.4, -0.2) is 18.0 Å². The van der Waals surface area contributed by atoms with Gasteiger partial charge in [-0.25, -0.2) is 13.4 Å². The second-order valence-electron chi connectivity index (χ2n) is 5.56. The molecule has 26 heavy (non-hydrogen) atoms. The van der Waals surface area contributed by atoms with E-state index in [4.69, 9.17) is 46.4 Å². The van der Waals surface area contributed by atoms with Gasteiger partial charge in [0.15, 0.2) is 15.0 Å². The number of hydrogen-bond donors (Lipinski definition) is 0. The smallest absolute Gasteiger partial charge is 0.182 e. The van der Waals surface area contributed by atoms with Gasteiger partial charge in [-0.3, -0.25) is 0 Å². The van der Waals surface area contributed by atoms with Crippen LogP contribution in [0.1, 0.15) is 11.1 Å². The lowest BCUT2D eigenvalue weighted by atomic mass is 10.2. The van der Waals surface area contributed by atoms with E-state index in [1.54, 1.807) is 47.0 Å². The van der Waals surface area contributed by atoms with Gasteiger partial charge in [-0.15, -0.1) is 0 Å². The highest BCUT2D eigenvalue weighted by atomic mass is 35.5. The lowest BCUT2D eigenvalue weighted by molar-refractivity contribution is 0.595. The van der Waals surface area contributed by atoms with Gasteiger partial charge < -0.3 is 4.57 Å². The van der Waals surface area contributed by atoms with Crippen molar-refractivity contribution in [2.75, 3.05) is 0 Å². The van der Waals surface area contributed by atoms with Crippen LogP contribution in [0.15, 0.2) is 53.7 Å². The van der Waals surface area contributed by atoms with Gasteiger partial charge in [0.2, 0.25) is 0 Å². The number of sulfone groups is 1. The minimum Gasteiger partial charge on any atom is -0.316 e.